The lowest BCUT2D eigenvalue weighted by Crippen LogP contribution is -2.43. The van der Waals surface area contributed by atoms with Gasteiger partial charge in [-0.25, -0.2) is 9.59 Å². The highest BCUT2D eigenvalue weighted by Gasteiger charge is 2.31. The van der Waals surface area contributed by atoms with Crippen LogP contribution in [0.2, 0.25) is 0 Å². The molecule has 8 nitrogen and oxygen atoms in total. The summed E-state index contributed by atoms with van der Waals surface area (Å²) in [5.41, 5.74) is 1.83. The van der Waals surface area contributed by atoms with E-state index in [4.69, 9.17) is 0 Å². The van der Waals surface area contributed by atoms with Crippen molar-refractivity contribution in [3.05, 3.63) is 101 Å². The van der Waals surface area contributed by atoms with Crippen LogP contribution in [-0.2, 0) is 19.2 Å². The molecule has 1 atom stereocenters. The van der Waals surface area contributed by atoms with Crippen LogP contribution in [0.4, 0.5) is 0 Å². The van der Waals surface area contributed by atoms with Crippen molar-refractivity contribution in [2.75, 3.05) is 6.54 Å². The van der Waals surface area contributed by atoms with Crippen molar-refractivity contribution in [3.8, 4) is 0 Å². The number of carbonyl (C=O) groups is 3. The summed E-state index contributed by atoms with van der Waals surface area (Å²) in [5, 5.41) is 14.7. The van der Waals surface area contributed by atoms with E-state index in [0.717, 1.165) is 11.1 Å². The van der Waals surface area contributed by atoms with Gasteiger partial charge in [0.15, 0.2) is 5.94 Å². The van der Waals surface area contributed by atoms with E-state index in [9.17, 15) is 24.3 Å². The fourth-order valence-electron chi connectivity index (χ4n) is 3.88. The van der Waals surface area contributed by atoms with E-state index in [-0.39, 0.29) is 23.6 Å². The first kappa shape index (κ1) is 25.2. The zero-order chi connectivity index (χ0) is 25.2. The van der Waals surface area contributed by atoms with Gasteiger partial charge in [0.05, 0.1) is 11.6 Å². The number of nitrogens with zero attached hydrogens (tertiary/aromatic N) is 1. The van der Waals surface area contributed by atoms with Gasteiger partial charge in [-0.3, -0.25) is 9.59 Å². The van der Waals surface area contributed by atoms with Crippen LogP contribution in [0.5, 0.6) is 0 Å². The quantitative estimate of drug-likeness (QED) is 0.361. The second-order valence-electron chi connectivity index (χ2n) is 7.99. The molecule has 2 aromatic carbocycles. The van der Waals surface area contributed by atoms with E-state index in [0.29, 0.717) is 13.0 Å². The van der Waals surface area contributed by atoms with Crippen LogP contribution < -0.4 is 10.6 Å². The van der Waals surface area contributed by atoms with Crippen molar-refractivity contribution in [2.45, 2.75) is 31.8 Å². The van der Waals surface area contributed by atoms with E-state index < -0.39 is 24.0 Å². The Balaban J connectivity index is 1.84. The van der Waals surface area contributed by atoms with Gasteiger partial charge in [0.2, 0.25) is 5.91 Å². The zero-order valence-corrected chi connectivity index (χ0v) is 19.3. The molecule has 0 aliphatic carbocycles. The molecule has 180 valence electrons. The maximum atomic E-state index is 13.1. The first-order chi connectivity index (χ1) is 16.9. The van der Waals surface area contributed by atoms with Crippen molar-refractivity contribution < 1.29 is 24.3 Å². The normalized spacial score (nSPS) is 13.6. The smallest absolute Gasteiger partial charge is 0.326 e. The summed E-state index contributed by atoms with van der Waals surface area (Å²) in [6.45, 7) is 1.67. The van der Waals surface area contributed by atoms with Gasteiger partial charge < -0.3 is 20.6 Å². The van der Waals surface area contributed by atoms with Crippen LogP contribution in [0.3, 0.4) is 0 Å². The molecule has 0 saturated heterocycles. The molecular weight excluding hydrogens is 446 g/mol. The Hall–Kier alpha value is -4.42. The van der Waals surface area contributed by atoms with E-state index in [1.165, 1.54) is 13.0 Å². The predicted molar refractivity (Wildman–Crippen MR) is 130 cm³/mol. The summed E-state index contributed by atoms with van der Waals surface area (Å²) < 4.78 is 0. The maximum Gasteiger partial charge on any atom is 0.326 e. The Kier molecular flexibility index (Phi) is 8.76. The highest BCUT2D eigenvalue weighted by Crippen LogP contribution is 2.35. The average molecular weight is 474 g/mol. The summed E-state index contributed by atoms with van der Waals surface area (Å²) in [6.07, 6.45) is 5.29. The Morgan fingerprint density at radius 3 is 2.11 bits per heavy atom. The molecule has 2 amide bonds. The lowest BCUT2D eigenvalue weighted by Gasteiger charge is -2.34. The minimum atomic E-state index is -1.20. The van der Waals surface area contributed by atoms with Gasteiger partial charge in [-0.1, -0.05) is 60.7 Å². The van der Waals surface area contributed by atoms with Gasteiger partial charge >= 0.3 is 5.97 Å². The molecule has 0 bridgehead atoms. The first-order valence-corrected chi connectivity index (χ1v) is 11.2. The van der Waals surface area contributed by atoms with Crippen molar-refractivity contribution in [1.29, 1.82) is 0 Å². The molecule has 2 aromatic rings. The third kappa shape index (κ3) is 6.56. The third-order valence-electron chi connectivity index (χ3n) is 5.52. The number of carboxylic acid groups (broad SMARTS) is 1. The molecule has 1 aliphatic rings. The van der Waals surface area contributed by atoms with Gasteiger partial charge in [0.1, 0.15) is 11.7 Å². The molecule has 0 aromatic heterocycles. The van der Waals surface area contributed by atoms with Crippen molar-refractivity contribution in [3.63, 3.8) is 0 Å². The molecule has 1 unspecified atom stereocenters. The lowest BCUT2D eigenvalue weighted by molar-refractivity contribution is -0.141. The number of rotatable bonds is 10. The number of hydrogen-bond donors (Lipinski definition) is 3. The summed E-state index contributed by atoms with van der Waals surface area (Å²) >= 11 is 0. The lowest BCUT2D eigenvalue weighted by atomic mass is 9.94. The minimum Gasteiger partial charge on any atom is -0.480 e. The summed E-state index contributed by atoms with van der Waals surface area (Å²) in [4.78, 5) is 49.6. The van der Waals surface area contributed by atoms with Gasteiger partial charge in [0.25, 0.3) is 5.91 Å². The highest BCUT2D eigenvalue weighted by molar-refractivity contribution is 6.02. The van der Waals surface area contributed by atoms with E-state index >= 15 is 0 Å². The maximum absolute atomic E-state index is 13.1. The number of aliphatic carboxylic acids is 1. The van der Waals surface area contributed by atoms with Crippen LogP contribution in [0.1, 0.15) is 36.9 Å². The molecule has 35 heavy (non-hydrogen) atoms. The topological polar surface area (TPSA) is 116 Å². The summed E-state index contributed by atoms with van der Waals surface area (Å²) in [7, 11) is 0. The van der Waals surface area contributed by atoms with Gasteiger partial charge in [-0.05, 0) is 36.1 Å². The summed E-state index contributed by atoms with van der Waals surface area (Å²) in [6, 6.07) is 17.5. The van der Waals surface area contributed by atoms with Gasteiger partial charge in [-0.15, -0.1) is 0 Å². The fourth-order valence-corrected chi connectivity index (χ4v) is 3.88. The van der Waals surface area contributed by atoms with Crippen molar-refractivity contribution >= 4 is 23.7 Å². The van der Waals surface area contributed by atoms with E-state index in [2.05, 4.69) is 10.6 Å². The molecule has 1 aliphatic heterocycles. The molecule has 1 heterocycles. The Morgan fingerprint density at radius 1 is 1.00 bits per heavy atom. The second kappa shape index (κ2) is 12.2. The molecule has 0 fully saturated rings. The van der Waals surface area contributed by atoms with E-state index in [1.54, 1.807) is 17.2 Å². The third-order valence-corrected chi connectivity index (χ3v) is 5.52. The molecule has 3 rings (SSSR count). The van der Waals surface area contributed by atoms with Gasteiger partial charge in [0, 0.05) is 19.7 Å². The highest BCUT2D eigenvalue weighted by atomic mass is 16.4. The van der Waals surface area contributed by atoms with Crippen molar-refractivity contribution in [1.82, 2.24) is 15.5 Å². The molecular formula is C27H27N3O5. The van der Waals surface area contributed by atoms with Crippen LogP contribution in [0.15, 0.2) is 90.3 Å². The number of hydrogen-bond acceptors (Lipinski definition) is 5. The number of carbonyl (C=O) groups excluding carboxylic acids is 3. The van der Waals surface area contributed by atoms with E-state index in [1.807, 2.05) is 66.6 Å². The number of nitrogens with one attached hydrogen (secondary N) is 2. The molecule has 0 spiro atoms. The zero-order valence-electron chi connectivity index (χ0n) is 19.3. The van der Waals surface area contributed by atoms with Crippen LogP contribution >= 0.6 is 0 Å². The summed E-state index contributed by atoms with van der Waals surface area (Å²) in [5.74, 6) is -0.217. The number of carboxylic acids is 1. The van der Waals surface area contributed by atoms with Gasteiger partial charge in [-0.2, -0.15) is 0 Å². The molecule has 0 saturated carbocycles. The second-order valence-corrected chi connectivity index (χ2v) is 7.99. The minimum absolute atomic E-state index is 0.00471. The molecule has 8 heteroatoms. The number of benzene rings is 2. The fraction of sp³-hybridized carbons (Fsp3) is 0.222. The van der Waals surface area contributed by atoms with Crippen molar-refractivity contribution in [2.24, 2.45) is 0 Å². The Morgan fingerprint density at radius 2 is 1.60 bits per heavy atom. The monoisotopic (exact) mass is 473 g/mol. The molecule has 3 N–H and O–H groups in total. The van der Waals surface area contributed by atoms with Crippen LogP contribution in [-0.4, -0.2) is 46.3 Å². The number of amides is 2. The largest absolute Gasteiger partial charge is 0.480 e. The van der Waals surface area contributed by atoms with Crippen LogP contribution in [0, 0.1) is 0 Å². The molecule has 0 radical (unpaired) electrons. The Bertz CT molecular complexity index is 1130. The predicted octanol–water partition coefficient (Wildman–Crippen LogP) is 2.73. The number of allylic oxidation sites excluding steroid dienone is 2. The average Bonchev–Trinajstić information content (AvgIpc) is 2.86. The first-order valence-electron chi connectivity index (χ1n) is 11.2. The SMILES string of the molecule is CC(=O)NCCCC(NC(=O)C1=CC=CN(C(c2ccccc2)c2ccccc2)C1=C=O)C(=O)O. The standard InChI is InChI=1S/C27H27N3O5/c1-19(32)28-16-8-15-23(27(34)35)29-26(33)22-14-9-17-30(24(22)18-31)25(20-10-4-2-5-11-20)21-12-6-3-7-13-21/h2-7,9-14,17,23,25H,8,15-16H2,1H3,(H,28,32)(H,29,33)(H,34,35). The Labute approximate surface area is 203 Å². The van der Waals surface area contributed by atoms with Crippen LogP contribution in [0.25, 0.3) is 0 Å².